The van der Waals surface area contributed by atoms with E-state index in [4.69, 9.17) is 4.98 Å². The van der Waals surface area contributed by atoms with Gasteiger partial charge in [-0.25, -0.2) is 9.97 Å². The molecule has 0 fully saturated rings. The lowest BCUT2D eigenvalue weighted by atomic mass is 9.95. The Labute approximate surface area is 138 Å². The van der Waals surface area contributed by atoms with Crippen LogP contribution in [0.5, 0.6) is 0 Å². The minimum absolute atomic E-state index is 0.632. The van der Waals surface area contributed by atoms with Gasteiger partial charge in [0.15, 0.2) is 5.82 Å². The smallest absolute Gasteiger partial charge is 0.157 e. The predicted octanol–water partition coefficient (Wildman–Crippen LogP) is 3.23. The molecule has 0 amide bonds. The van der Waals surface area contributed by atoms with E-state index in [0.29, 0.717) is 11.4 Å². The molecule has 2 aromatic heterocycles. The number of nitrogens with zero attached hydrogens (tertiary/aromatic N) is 4. The maximum atomic E-state index is 9.35. The second kappa shape index (κ2) is 5.36. The summed E-state index contributed by atoms with van der Waals surface area (Å²) in [6.45, 7) is 0. The van der Waals surface area contributed by atoms with Gasteiger partial charge < -0.3 is 0 Å². The van der Waals surface area contributed by atoms with E-state index >= 15 is 0 Å². The Hall–Kier alpha value is -0.690. The van der Waals surface area contributed by atoms with Crippen LogP contribution in [0.15, 0.2) is 12.4 Å². The van der Waals surface area contributed by atoms with Gasteiger partial charge in [0.2, 0.25) is 0 Å². The SMILES string of the molecule is N#Cc1cc2c(nc1-n1cnc(I)c1I)CCCC2. The van der Waals surface area contributed by atoms with Gasteiger partial charge in [-0.3, -0.25) is 4.57 Å². The van der Waals surface area contributed by atoms with Crippen molar-refractivity contribution >= 4 is 45.2 Å². The van der Waals surface area contributed by atoms with E-state index in [0.717, 1.165) is 25.9 Å². The first-order valence-corrected chi connectivity index (χ1v) is 8.18. The summed E-state index contributed by atoms with van der Waals surface area (Å²) in [7, 11) is 0. The lowest BCUT2D eigenvalue weighted by Crippen LogP contribution is -2.11. The molecule has 3 rings (SSSR count). The molecule has 0 saturated carbocycles. The van der Waals surface area contributed by atoms with E-state index in [-0.39, 0.29) is 0 Å². The number of halogens is 2. The summed E-state index contributed by atoms with van der Waals surface area (Å²) in [4.78, 5) is 8.99. The first-order chi connectivity index (χ1) is 9.20. The lowest BCUT2D eigenvalue weighted by molar-refractivity contribution is 0.664. The number of hydrogen-bond acceptors (Lipinski definition) is 3. The molecule has 1 aliphatic carbocycles. The Morgan fingerprint density at radius 2 is 2.05 bits per heavy atom. The van der Waals surface area contributed by atoms with Gasteiger partial charge in [-0.2, -0.15) is 5.26 Å². The highest BCUT2D eigenvalue weighted by Crippen LogP contribution is 2.25. The number of aryl methyl sites for hydroxylation is 2. The summed E-state index contributed by atoms with van der Waals surface area (Å²) in [5, 5.41) is 9.35. The van der Waals surface area contributed by atoms with Crippen LogP contribution in [-0.4, -0.2) is 14.5 Å². The molecule has 0 aliphatic heterocycles. The van der Waals surface area contributed by atoms with Crippen molar-refractivity contribution in [3.05, 3.63) is 36.6 Å². The standard InChI is InChI=1S/C13H10I2N4/c14-11-12(15)19(7-17-11)13-9(6-16)5-8-3-1-2-4-10(8)18-13/h5,7H,1-4H2. The molecule has 1 aliphatic rings. The largest absolute Gasteiger partial charge is 0.276 e. The number of imidazole rings is 1. The van der Waals surface area contributed by atoms with Crippen molar-refractivity contribution < 1.29 is 0 Å². The normalized spacial score (nSPS) is 13.9. The van der Waals surface area contributed by atoms with Gasteiger partial charge in [0.05, 0.1) is 5.56 Å². The second-order valence-corrected chi connectivity index (χ2v) is 6.52. The summed E-state index contributed by atoms with van der Waals surface area (Å²) in [6.07, 6.45) is 6.16. The molecule has 2 heterocycles. The molecule has 0 unspecified atom stereocenters. The van der Waals surface area contributed by atoms with Crippen LogP contribution >= 0.6 is 45.2 Å². The fourth-order valence-electron chi connectivity index (χ4n) is 2.35. The Kier molecular flexibility index (Phi) is 3.75. The summed E-state index contributed by atoms with van der Waals surface area (Å²) >= 11 is 4.42. The van der Waals surface area contributed by atoms with Gasteiger partial charge in [-0.05, 0) is 82.5 Å². The van der Waals surface area contributed by atoms with E-state index in [1.807, 2.05) is 10.6 Å². The molecule has 6 heteroatoms. The zero-order valence-electron chi connectivity index (χ0n) is 10.0. The van der Waals surface area contributed by atoms with Crippen LogP contribution in [0.4, 0.5) is 0 Å². The number of rotatable bonds is 1. The molecule has 0 saturated heterocycles. The Bertz CT molecular complexity index is 685. The molecule has 4 nitrogen and oxygen atoms in total. The Morgan fingerprint density at radius 3 is 2.74 bits per heavy atom. The molecule has 0 atom stereocenters. The molecule has 0 N–H and O–H groups in total. The summed E-state index contributed by atoms with van der Waals surface area (Å²) < 4.78 is 3.83. The highest BCUT2D eigenvalue weighted by Gasteiger charge is 2.18. The summed E-state index contributed by atoms with van der Waals surface area (Å²) in [5.74, 6) is 0.711. The van der Waals surface area contributed by atoms with E-state index in [1.165, 1.54) is 18.4 Å². The van der Waals surface area contributed by atoms with Gasteiger partial charge in [0.25, 0.3) is 0 Å². The van der Waals surface area contributed by atoms with Crippen LogP contribution in [0, 0.1) is 18.7 Å². The van der Waals surface area contributed by atoms with E-state index in [9.17, 15) is 5.26 Å². The molecule has 0 aromatic carbocycles. The number of pyridine rings is 1. The molecule has 0 radical (unpaired) electrons. The van der Waals surface area contributed by atoms with Crippen molar-refractivity contribution in [2.45, 2.75) is 25.7 Å². The molecule has 2 aromatic rings. The van der Waals surface area contributed by atoms with Crippen molar-refractivity contribution in [1.29, 1.82) is 5.26 Å². The predicted molar refractivity (Wildman–Crippen MR) is 88.2 cm³/mol. The first kappa shape index (κ1) is 13.3. The van der Waals surface area contributed by atoms with Crippen LogP contribution in [0.2, 0.25) is 0 Å². The third-order valence-corrected chi connectivity index (χ3v) is 6.15. The van der Waals surface area contributed by atoms with Crippen LogP contribution in [0.25, 0.3) is 5.82 Å². The number of aromatic nitrogens is 3. The fourth-order valence-corrected chi connectivity index (χ4v) is 3.22. The van der Waals surface area contributed by atoms with Gasteiger partial charge in [0.1, 0.15) is 19.8 Å². The minimum Gasteiger partial charge on any atom is -0.276 e. The summed E-state index contributed by atoms with van der Waals surface area (Å²) in [6, 6.07) is 4.26. The van der Waals surface area contributed by atoms with Crippen molar-refractivity contribution in [2.24, 2.45) is 0 Å². The minimum atomic E-state index is 0.632. The van der Waals surface area contributed by atoms with E-state index in [1.54, 1.807) is 6.33 Å². The molecular weight excluding hydrogens is 466 g/mol. The monoisotopic (exact) mass is 476 g/mol. The molecule has 96 valence electrons. The van der Waals surface area contributed by atoms with E-state index in [2.05, 4.69) is 56.2 Å². The van der Waals surface area contributed by atoms with Crippen LogP contribution in [0.3, 0.4) is 0 Å². The quantitative estimate of drug-likeness (QED) is 0.595. The van der Waals surface area contributed by atoms with Gasteiger partial charge >= 0.3 is 0 Å². The van der Waals surface area contributed by atoms with Crippen molar-refractivity contribution in [3.63, 3.8) is 0 Å². The third kappa shape index (κ3) is 2.38. The average molecular weight is 476 g/mol. The van der Waals surface area contributed by atoms with Gasteiger partial charge in [-0.15, -0.1) is 0 Å². The zero-order valence-corrected chi connectivity index (χ0v) is 14.3. The molecule has 19 heavy (non-hydrogen) atoms. The van der Waals surface area contributed by atoms with Gasteiger partial charge in [0, 0.05) is 5.69 Å². The highest BCUT2D eigenvalue weighted by atomic mass is 127. The maximum absolute atomic E-state index is 9.35. The Balaban J connectivity index is 2.20. The van der Waals surface area contributed by atoms with E-state index < -0.39 is 0 Å². The van der Waals surface area contributed by atoms with Crippen LogP contribution in [0.1, 0.15) is 29.7 Å². The van der Waals surface area contributed by atoms with Crippen molar-refractivity contribution in [2.75, 3.05) is 0 Å². The van der Waals surface area contributed by atoms with Crippen molar-refractivity contribution in [1.82, 2.24) is 14.5 Å². The first-order valence-electron chi connectivity index (χ1n) is 6.02. The van der Waals surface area contributed by atoms with Crippen LogP contribution < -0.4 is 0 Å². The highest BCUT2D eigenvalue weighted by molar-refractivity contribution is 14.1. The van der Waals surface area contributed by atoms with Gasteiger partial charge in [-0.1, -0.05) is 0 Å². The number of fused-ring (bicyclic) bond motifs is 1. The molecular formula is C13H10I2N4. The number of nitriles is 1. The Morgan fingerprint density at radius 1 is 1.26 bits per heavy atom. The lowest BCUT2D eigenvalue weighted by Gasteiger charge is -2.17. The topological polar surface area (TPSA) is 54.5 Å². The summed E-state index contributed by atoms with van der Waals surface area (Å²) in [5.41, 5.74) is 3.00. The zero-order chi connectivity index (χ0) is 13.4. The maximum Gasteiger partial charge on any atom is 0.157 e. The molecule has 0 spiro atoms. The van der Waals surface area contributed by atoms with Crippen molar-refractivity contribution in [3.8, 4) is 11.9 Å². The van der Waals surface area contributed by atoms with Crippen LogP contribution in [-0.2, 0) is 12.8 Å². The third-order valence-electron chi connectivity index (χ3n) is 3.30. The second-order valence-electron chi connectivity index (χ2n) is 4.48. The fraction of sp³-hybridized carbons (Fsp3) is 0.308. The molecule has 0 bridgehead atoms. The average Bonchev–Trinajstić information content (AvgIpc) is 2.77. The number of hydrogen-bond donors (Lipinski definition) is 0.